The maximum atomic E-state index is 9.55. The van der Waals surface area contributed by atoms with Crippen LogP contribution in [0.5, 0.6) is 0 Å². The van der Waals surface area contributed by atoms with Crippen molar-refractivity contribution in [3.8, 4) is 0 Å². The molecule has 6 N–H and O–H groups in total. The Labute approximate surface area is 94.9 Å². The summed E-state index contributed by atoms with van der Waals surface area (Å²) in [6.07, 6.45) is 3.40. The molecule has 0 aliphatic carbocycles. The molecule has 0 aliphatic heterocycles. The molecule has 0 saturated carbocycles. The molecule has 94 valence electrons. The average Bonchev–Trinajstić information content (AvgIpc) is 2.23. The van der Waals surface area contributed by atoms with Gasteiger partial charge in [0.1, 0.15) is 0 Å². The van der Waals surface area contributed by atoms with Crippen LogP contribution in [0.25, 0.3) is 0 Å². The van der Waals surface area contributed by atoms with Crippen LogP contribution in [0.15, 0.2) is 12.2 Å². The Morgan fingerprint density at radius 1 is 1.19 bits per heavy atom. The molecule has 0 bridgehead atoms. The van der Waals surface area contributed by atoms with E-state index in [0.717, 1.165) is 19.5 Å². The first kappa shape index (κ1) is 17.0. The van der Waals surface area contributed by atoms with Crippen molar-refractivity contribution in [2.24, 2.45) is 17.4 Å². The van der Waals surface area contributed by atoms with Crippen LogP contribution in [0.1, 0.15) is 19.8 Å². The van der Waals surface area contributed by atoms with Gasteiger partial charge in [0.15, 0.2) is 0 Å². The quantitative estimate of drug-likeness (QED) is 0.478. The molecule has 0 heterocycles. The molecule has 0 rings (SSSR count). The summed E-state index contributed by atoms with van der Waals surface area (Å²) >= 11 is 0. The van der Waals surface area contributed by atoms with Gasteiger partial charge in [-0.15, -0.1) is 0 Å². The molecule has 0 radical (unpaired) electrons. The topological polar surface area (TPSA) is 127 Å². The Bertz CT molecular complexity index is 213. The number of hydrogen-bond acceptors (Lipinski definition) is 4. The zero-order valence-electron chi connectivity index (χ0n) is 9.43. The second-order valence-corrected chi connectivity index (χ2v) is 3.28. The van der Waals surface area contributed by atoms with E-state index in [0.29, 0.717) is 18.1 Å². The largest absolute Gasteiger partial charge is 0.478 e. The van der Waals surface area contributed by atoms with Crippen molar-refractivity contribution < 1.29 is 19.8 Å². The number of carboxylic acids is 2. The molecule has 0 aliphatic rings. The summed E-state index contributed by atoms with van der Waals surface area (Å²) in [5, 5.41) is 15.6. The summed E-state index contributed by atoms with van der Waals surface area (Å²) in [6, 6.07) is 0. The zero-order valence-corrected chi connectivity index (χ0v) is 9.43. The van der Waals surface area contributed by atoms with Gasteiger partial charge in [0, 0.05) is 12.2 Å². The van der Waals surface area contributed by atoms with Gasteiger partial charge in [0.05, 0.1) is 0 Å². The summed E-state index contributed by atoms with van der Waals surface area (Å²) < 4.78 is 0. The van der Waals surface area contributed by atoms with Gasteiger partial charge < -0.3 is 21.7 Å². The lowest BCUT2D eigenvalue weighted by Gasteiger charge is -2.04. The molecule has 0 aromatic heterocycles. The molecule has 0 aromatic carbocycles. The van der Waals surface area contributed by atoms with Crippen molar-refractivity contribution in [1.82, 2.24) is 0 Å². The van der Waals surface area contributed by atoms with Gasteiger partial charge in [0.2, 0.25) is 0 Å². The van der Waals surface area contributed by atoms with E-state index in [-0.39, 0.29) is 0 Å². The van der Waals surface area contributed by atoms with Crippen molar-refractivity contribution >= 4 is 11.9 Å². The highest BCUT2D eigenvalue weighted by Gasteiger charge is 1.95. The zero-order chi connectivity index (χ0) is 13.0. The van der Waals surface area contributed by atoms with Crippen LogP contribution < -0.4 is 11.5 Å². The average molecular weight is 232 g/mol. The lowest BCUT2D eigenvalue weighted by Crippen LogP contribution is -2.12. The molecule has 0 aromatic rings. The Balaban J connectivity index is 0. The van der Waals surface area contributed by atoms with Gasteiger partial charge in [-0.1, -0.05) is 6.92 Å². The van der Waals surface area contributed by atoms with Gasteiger partial charge in [-0.25, -0.2) is 9.59 Å². The lowest BCUT2D eigenvalue weighted by molar-refractivity contribution is -0.134. The molecular formula is C10H20N2O4. The highest BCUT2D eigenvalue weighted by atomic mass is 16.4. The maximum Gasteiger partial charge on any atom is 0.328 e. The third-order valence-corrected chi connectivity index (χ3v) is 1.67. The smallest absolute Gasteiger partial charge is 0.328 e. The summed E-state index contributed by atoms with van der Waals surface area (Å²) in [5.41, 5.74) is 10.7. The summed E-state index contributed by atoms with van der Waals surface area (Å²) in [4.78, 5) is 19.1. The molecule has 1 unspecified atom stereocenters. The molecular weight excluding hydrogens is 212 g/mol. The van der Waals surface area contributed by atoms with E-state index >= 15 is 0 Å². The highest BCUT2D eigenvalue weighted by Crippen LogP contribution is 2.00. The number of rotatable bonds is 6. The first-order valence-electron chi connectivity index (χ1n) is 4.98. The van der Waals surface area contributed by atoms with E-state index in [9.17, 15) is 9.59 Å². The number of hydrogen-bond donors (Lipinski definition) is 4. The molecule has 0 amide bonds. The van der Waals surface area contributed by atoms with Gasteiger partial charge in [0.25, 0.3) is 0 Å². The van der Waals surface area contributed by atoms with Crippen LogP contribution in [0.2, 0.25) is 0 Å². The molecule has 1 atom stereocenters. The lowest BCUT2D eigenvalue weighted by atomic mass is 10.1. The molecule has 0 saturated heterocycles. The van der Waals surface area contributed by atoms with Crippen LogP contribution in [0.4, 0.5) is 0 Å². The fraction of sp³-hybridized carbons (Fsp3) is 0.600. The monoisotopic (exact) mass is 232 g/mol. The van der Waals surface area contributed by atoms with Gasteiger partial charge >= 0.3 is 11.9 Å². The van der Waals surface area contributed by atoms with E-state index in [1.165, 1.54) is 6.42 Å². The van der Waals surface area contributed by atoms with Crippen LogP contribution >= 0.6 is 0 Å². The standard InChI is InChI=1S/C6H16N2.C4H4O4/c1-6(5-8)3-2-4-7;5-3(6)1-2-4(7)8/h6H,2-5,7-8H2,1H3;1-2H,(H,5,6)(H,7,8). The Morgan fingerprint density at radius 3 is 1.88 bits per heavy atom. The van der Waals surface area contributed by atoms with E-state index in [1.54, 1.807) is 0 Å². The summed E-state index contributed by atoms with van der Waals surface area (Å²) in [5.74, 6) is -1.86. The Morgan fingerprint density at radius 2 is 1.62 bits per heavy atom. The second-order valence-electron chi connectivity index (χ2n) is 3.28. The van der Waals surface area contributed by atoms with Gasteiger partial charge in [-0.2, -0.15) is 0 Å². The Kier molecular flexibility index (Phi) is 12.4. The van der Waals surface area contributed by atoms with Crippen molar-refractivity contribution in [2.45, 2.75) is 19.8 Å². The second kappa shape index (κ2) is 11.7. The van der Waals surface area contributed by atoms with Crippen molar-refractivity contribution in [3.63, 3.8) is 0 Å². The minimum atomic E-state index is -1.26. The van der Waals surface area contributed by atoms with Crippen LogP contribution in [0, 0.1) is 5.92 Å². The normalized spacial score (nSPS) is 11.7. The minimum Gasteiger partial charge on any atom is -0.478 e. The number of carboxylic acid groups (broad SMARTS) is 2. The van der Waals surface area contributed by atoms with Crippen LogP contribution in [-0.4, -0.2) is 35.2 Å². The molecule has 16 heavy (non-hydrogen) atoms. The fourth-order valence-corrected chi connectivity index (χ4v) is 0.727. The van der Waals surface area contributed by atoms with E-state index < -0.39 is 11.9 Å². The number of carbonyl (C=O) groups is 2. The van der Waals surface area contributed by atoms with E-state index in [2.05, 4.69) is 6.92 Å². The van der Waals surface area contributed by atoms with Crippen molar-refractivity contribution in [3.05, 3.63) is 12.2 Å². The Hall–Kier alpha value is -1.40. The first-order valence-corrected chi connectivity index (χ1v) is 4.98. The van der Waals surface area contributed by atoms with E-state index in [1.807, 2.05) is 0 Å². The number of nitrogens with two attached hydrogens (primary N) is 2. The van der Waals surface area contributed by atoms with Crippen LogP contribution in [0.3, 0.4) is 0 Å². The van der Waals surface area contributed by atoms with Crippen LogP contribution in [-0.2, 0) is 9.59 Å². The maximum absolute atomic E-state index is 9.55. The predicted molar refractivity (Wildman–Crippen MR) is 60.9 cm³/mol. The van der Waals surface area contributed by atoms with Crippen molar-refractivity contribution in [2.75, 3.05) is 13.1 Å². The molecule has 0 fully saturated rings. The third kappa shape index (κ3) is 18.4. The van der Waals surface area contributed by atoms with E-state index in [4.69, 9.17) is 21.7 Å². The minimum absolute atomic E-state index is 0.558. The summed E-state index contributed by atoms with van der Waals surface area (Å²) in [7, 11) is 0. The summed E-state index contributed by atoms with van der Waals surface area (Å²) in [6.45, 7) is 3.74. The molecule has 6 heteroatoms. The highest BCUT2D eigenvalue weighted by molar-refractivity contribution is 5.89. The van der Waals surface area contributed by atoms with Crippen molar-refractivity contribution in [1.29, 1.82) is 0 Å². The third-order valence-electron chi connectivity index (χ3n) is 1.67. The SMILES string of the molecule is CC(CN)CCCN.O=C(O)C=CC(=O)O. The number of aliphatic carboxylic acids is 2. The molecule has 6 nitrogen and oxygen atoms in total. The first-order chi connectivity index (χ1) is 7.43. The van der Waals surface area contributed by atoms with Gasteiger partial charge in [-0.3, -0.25) is 0 Å². The predicted octanol–water partition coefficient (Wildman–Crippen LogP) is 0.0319. The fourth-order valence-electron chi connectivity index (χ4n) is 0.727. The molecule has 0 spiro atoms. The van der Waals surface area contributed by atoms with Gasteiger partial charge in [-0.05, 0) is 31.8 Å².